The molecule has 7 heteroatoms. The van der Waals surface area contributed by atoms with Gasteiger partial charge in [0.2, 0.25) is 0 Å². The molecular formula is C24H18ClFN2O3. The zero-order valence-corrected chi connectivity index (χ0v) is 17.3. The van der Waals surface area contributed by atoms with Crippen LogP contribution in [0.2, 0.25) is 5.02 Å². The van der Waals surface area contributed by atoms with Gasteiger partial charge in [-0.15, -0.1) is 0 Å². The average molecular weight is 437 g/mol. The van der Waals surface area contributed by atoms with Gasteiger partial charge in [0.25, 0.3) is 5.91 Å². The fourth-order valence-corrected chi connectivity index (χ4v) is 2.90. The van der Waals surface area contributed by atoms with E-state index < -0.39 is 11.7 Å². The Hall–Kier alpha value is -3.82. The molecule has 3 aromatic carbocycles. The summed E-state index contributed by atoms with van der Waals surface area (Å²) in [6, 6.07) is 19.5. The predicted molar refractivity (Wildman–Crippen MR) is 117 cm³/mol. The van der Waals surface area contributed by atoms with E-state index in [0.717, 1.165) is 5.56 Å². The van der Waals surface area contributed by atoms with Crippen molar-refractivity contribution in [2.24, 2.45) is 0 Å². The summed E-state index contributed by atoms with van der Waals surface area (Å²) in [4.78, 5) is 12.4. The zero-order valence-electron chi connectivity index (χ0n) is 16.6. The predicted octanol–water partition coefficient (Wildman–Crippen LogP) is 5.61. The highest BCUT2D eigenvalue weighted by Gasteiger charge is 2.12. The van der Waals surface area contributed by atoms with E-state index in [4.69, 9.17) is 21.1 Å². The summed E-state index contributed by atoms with van der Waals surface area (Å²) in [6.45, 7) is 0.222. The highest BCUT2D eigenvalue weighted by molar-refractivity contribution is 6.31. The third kappa shape index (κ3) is 5.84. The molecule has 0 radical (unpaired) electrons. The van der Waals surface area contributed by atoms with Crippen LogP contribution in [0.3, 0.4) is 0 Å². The van der Waals surface area contributed by atoms with Crippen molar-refractivity contribution in [3.63, 3.8) is 0 Å². The molecule has 0 atom stereocenters. The van der Waals surface area contributed by atoms with Crippen LogP contribution in [0.4, 0.5) is 10.1 Å². The Morgan fingerprint density at radius 1 is 1.13 bits per heavy atom. The maximum absolute atomic E-state index is 13.0. The fraction of sp³-hybridized carbons (Fsp3) is 0.0833. The molecule has 0 unspecified atom stereocenters. The van der Waals surface area contributed by atoms with Crippen LogP contribution in [0.1, 0.15) is 11.1 Å². The lowest BCUT2D eigenvalue weighted by Gasteiger charge is -2.12. The number of carbonyl (C=O) groups excluding carboxylic acids is 1. The number of hydrogen-bond acceptors (Lipinski definition) is 4. The molecule has 0 heterocycles. The van der Waals surface area contributed by atoms with E-state index in [2.05, 4.69) is 5.32 Å². The van der Waals surface area contributed by atoms with Crippen molar-refractivity contribution in [2.45, 2.75) is 6.61 Å². The van der Waals surface area contributed by atoms with Crippen LogP contribution in [0.25, 0.3) is 6.08 Å². The van der Waals surface area contributed by atoms with Crippen LogP contribution in [0, 0.1) is 17.1 Å². The van der Waals surface area contributed by atoms with Crippen LogP contribution >= 0.6 is 11.6 Å². The standard InChI is InChI=1S/C24H18ClFN2O3/c1-30-22-11-6-16(13-23(22)31-15-17-4-2-3-5-21(17)25)12-18(14-27)24(29)28-20-9-7-19(26)8-10-20/h2-13H,15H2,1H3,(H,28,29). The van der Waals surface area contributed by atoms with Crippen LogP contribution < -0.4 is 14.8 Å². The summed E-state index contributed by atoms with van der Waals surface area (Å²) in [5.74, 6) is -0.0917. The van der Waals surface area contributed by atoms with Crippen molar-refractivity contribution in [3.05, 3.63) is 94.3 Å². The molecule has 0 saturated heterocycles. The Labute approximate surface area is 184 Å². The minimum atomic E-state index is -0.608. The van der Waals surface area contributed by atoms with E-state index in [1.165, 1.54) is 37.5 Å². The molecule has 0 aromatic heterocycles. The number of nitrogens with one attached hydrogen (secondary N) is 1. The van der Waals surface area contributed by atoms with Gasteiger partial charge in [0.15, 0.2) is 11.5 Å². The smallest absolute Gasteiger partial charge is 0.266 e. The van der Waals surface area contributed by atoms with Gasteiger partial charge in [-0.2, -0.15) is 5.26 Å². The number of anilines is 1. The molecule has 1 amide bonds. The Balaban J connectivity index is 1.80. The number of carbonyl (C=O) groups is 1. The van der Waals surface area contributed by atoms with Crippen LogP contribution in [-0.4, -0.2) is 13.0 Å². The topological polar surface area (TPSA) is 71.3 Å². The number of nitriles is 1. The summed E-state index contributed by atoms with van der Waals surface area (Å²) < 4.78 is 24.2. The first-order chi connectivity index (χ1) is 15.0. The summed E-state index contributed by atoms with van der Waals surface area (Å²) in [5, 5.41) is 12.6. The average Bonchev–Trinajstić information content (AvgIpc) is 2.78. The Bertz CT molecular complexity index is 1150. The summed E-state index contributed by atoms with van der Waals surface area (Å²) in [6.07, 6.45) is 1.43. The van der Waals surface area contributed by atoms with E-state index in [-0.39, 0.29) is 12.2 Å². The maximum atomic E-state index is 13.0. The Morgan fingerprint density at radius 2 is 1.87 bits per heavy atom. The number of halogens is 2. The molecular weight excluding hydrogens is 419 g/mol. The summed E-state index contributed by atoms with van der Waals surface area (Å²) in [5.41, 5.74) is 1.64. The van der Waals surface area contributed by atoms with Crippen molar-refractivity contribution >= 4 is 29.3 Å². The largest absolute Gasteiger partial charge is 0.493 e. The van der Waals surface area contributed by atoms with Crippen molar-refractivity contribution in [1.29, 1.82) is 5.26 Å². The van der Waals surface area contributed by atoms with Crippen molar-refractivity contribution in [2.75, 3.05) is 12.4 Å². The van der Waals surface area contributed by atoms with Crippen LogP contribution in [0.15, 0.2) is 72.3 Å². The first-order valence-corrected chi connectivity index (χ1v) is 9.61. The zero-order chi connectivity index (χ0) is 22.2. The minimum absolute atomic E-state index is 0.119. The van der Waals surface area contributed by atoms with Gasteiger partial charge in [0, 0.05) is 16.3 Å². The van der Waals surface area contributed by atoms with Crippen molar-refractivity contribution in [3.8, 4) is 17.6 Å². The molecule has 0 fully saturated rings. The highest BCUT2D eigenvalue weighted by atomic mass is 35.5. The lowest BCUT2D eigenvalue weighted by atomic mass is 10.1. The molecule has 3 aromatic rings. The molecule has 31 heavy (non-hydrogen) atoms. The van der Waals surface area contributed by atoms with Crippen molar-refractivity contribution < 1.29 is 18.7 Å². The lowest BCUT2D eigenvalue weighted by molar-refractivity contribution is -0.112. The number of methoxy groups -OCH3 is 1. The second kappa shape index (κ2) is 10.3. The lowest BCUT2D eigenvalue weighted by Crippen LogP contribution is -2.13. The SMILES string of the molecule is COc1ccc(C=C(C#N)C(=O)Nc2ccc(F)cc2)cc1OCc1ccccc1Cl. The monoisotopic (exact) mass is 436 g/mol. The number of nitrogens with zero attached hydrogens (tertiary/aromatic N) is 1. The van der Waals surface area contributed by atoms with Crippen molar-refractivity contribution in [1.82, 2.24) is 0 Å². The Kier molecular flexibility index (Phi) is 7.26. The fourth-order valence-electron chi connectivity index (χ4n) is 2.71. The summed E-state index contributed by atoms with van der Waals surface area (Å²) in [7, 11) is 1.52. The first kappa shape index (κ1) is 21.9. The van der Waals surface area contributed by atoms with Gasteiger partial charge in [-0.25, -0.2) is 4.39 Å². The number of amides is 1. The molecule has 0 aliphatic carbocycles. The van der Waals surface area contributed by atoms with E-state index in [0.29, 0.717) is 27.8 Å². The number of rotatable bonds is 7. The molecule has 3 rings (SSSR count). The molecule has 0 saturated carbocycles. The van der Waals surface area contributed by atoms with Gasteiger partial charge in [-0.05, 0) is 54.1 Å². The van der Waals surface area contributed by atoms with E-state index >= 15 is 0 Å². The molecule has 0 bridgehead atoms. The molecule has 1 N–H and O–H groups in total. The van der Waals surface area contributed by atoms with E-state index in [1.54, 1.807) is 24.3 Å². The highest BCUT2D eigenvalue weighted by Crippen LogP contribution is 2.30. The minimum Gasteiger partial charge on any atom is -0.493 e. The van der Waals surface area contributed by atoms with Gasteiger partial charge in [-0.1, -0.05) is 35.9 Å². The second-order valence-corrected chi connectivity index (χ2v) is 6.83. The normalized spacial score (nSPS) is 10.8. The van der Waals surface area contributed by atoms with Gasteiger partial charge in [0.1, 0.15) is 24.1 Å². The summed E-state index contributed by atoms with van der Waals surface area (Å²) >= 11 is 6.17. The number of benzene rings is 3. The molecule has 5 nitrogen and oxygen atoms in total. The van der Waals surface area contributed by atoms with Crippen LogP contribution in [0.5, 0.6) is 11.5 Å². The molecule has 156 valence electrons. The van der Waals surface area contributed by atoms with E-state index in [9.17, 15) is 14.4 Å². The third-order valence-electron chi connectivity index (χ3n) is 4.31. The van der Waals surface area contributed by atoms with Gasteiger partial charge in [0.05, 0.1) is 7.11 Å². The molecule has 0 aliphatic heterocycles. The molecule has 0 aliphatic rings. The van der Waals surface area contributed by atoms with Gasteiger partial charge in [-0.3, -0.25) is 4.79 Å². The third-order valence-corrected chi connectivity index (χ3v) is 4.68. The number of hydrogen-bond donors (Lipinski definition) is 1. The van der Waals surface area contributed by atoms with E-state index in [1.807, 2.05) is 24.3 Å². The first-order valence-electron chi connectivity index (χ1n) is 9.23. The number of ether oxygens (including phenoxy) is 2. The molecule has 0 spiro atoms. The Morgan fingerprint density at radius 3 is 2.55 bits per heavy atom. The second-order valence-electron chi connectivity index (χ2n) is 6.42. The van der Waals surface area contributed by atoms with Gasteiger partial charge < -0.3 is 14.8 Å². The maximum Gasteiger partial charge on any atom is 0.266 e. The van der Waals surface area contributed by atoms with Gasteiger partial charge >= 0.3 is 0 Å². The quantitative estimate of drug-likeness (QED) is 0.386. The van der Waals surface area contributed by atoms with Crippen LogP contribution in [-0.2, 0) is 11.4 Å².